The number of methoxy groups -OCH3 is 1. The molecule has 0 aromatic rings. The van der Waals surface area contributed by atoms with Gasteiger partial charge in [-0.2, -0.15) is 0 Å². The van der Waals surface area contributed by atoms with Gasteiger partial charge in [-0.3, -0.25) is 4.90 Å². The number of nitrogens with one attached hydrogen (secondary N) is 1. The molecule has 1 fully saturated rings. The number of piperidine rings is 1. The van der Waals surface area contributed by atoms with Crippen LogP contribution in [-0.2, 0) is 4.74 Å². The molecule has 18 heavy (non-hydrogen) atoms. The van der Waals surface area contributed by atoms with Crippen molar-refractivity contribution in [3.8, 4) is 0 Å². The maximum absolute atomic E-state index is 5.51. The standard InChI is InChI=1S/C15H32N2O/c1-12(10-16-15(3,4)5)13(2)17-9-7-8-14(11-17)18-6/h12-14,16H,7-11H2,1-6H3. The van der Waals surface area contributed by atoms with Gasteiger partial charge in [0.1, 0.15) is 0 Å². The summed E-state index contributed by atoms with van der Waals surface area (Å²) in [6, 6.07) is 0.623. The first-order valence-electron chi connectivity index (χ1n) is 7.35. The SMILES string of the molecule is COC1CCCN(C(C)C(C)CNC(C)(C)C)C1. The minimum Gasteiger partial charge on any atom is -0.380 e. The maximum Gasteiger partial charge on any atom is 0.0698 e. The lowest BCUT2D eigenvalue weighted by molar-refractivity contribution is 0.00783. The molecule has 108 valence electrons. The predicted molar refractivity (Wildman–Crippen MR) is 78.0 cm³/mol. The Hall–Kier alpha value is -0.120. The fraction of sp³-hybridized carbons (Fsp3) is 1.00. The van der Waals surface area contributed by atoms with E-state index >= 15 is 0 Å². The van der Waals surface area contributed by atoms with Crippen molar-refractivity contribution in [2.75, 3.05) is 26.7 Å². The van der Waals surface area contributed by atoms with E-state index in [0.29, 0.717) is 18.1 Å². The van der Waals surface area contributed by atoms with Crippen LogP contribution < -0.4 is 5.32 Å². The van der Waals surface area contributed by atoms with Crippen LogP contribution in [-0.4, -0.2) is 49.3 Å². The van der Waals surface area contributed by atoms with Gasteiger partial charge >= 0.3 is 0 Å². The molecule has 3 heteroatoms. The molecule has 0 spiro atoms. The molecule has 3 nitrogen and oxygen atoms in total. The molecule has 0 aromatic heterocycles. The Morgan fingerprint density at radius 3 is 2.56 bits per heavy atom. The highest BCUT2D eigenvalue weighted by Gasteiger charge is 2.26. The molecule has 0 amide bonds. The molecule has 1 aliphatic rings. The lowest BCUT2D eigenvalue weighted by Crippen LogP contribution is -2.49. The highest BCUT2D eigenvalue weighted by molar-refractivity contribution is 4.82. The second kappa shape index (κ2) is 6.88. The second-order valence-corrected chi connectivity index (χ2v) is 6.84. The zero-order chi connectivity index (χ0) is 13.8. The van der Waals surface area contributed by atoms with Crippen LogP contribution in [0, 0.1) is 5.92 Å². The summed E-state index contributed by atoms with van der Waals surface area (Å²) in [7, 11) is 1.84. The minimum atomic E-state index is 0.213. The largest absolute Gasteiger partial charge is 0.380 e. The van der Waals surface area contributed by atoms with Crippen LogP contribution in [0.5, 0.6) is 0 Å². The maximum atomic E-state index is 5.51. The molecule has 3 atom stereocenters. The number of hydrogen-bond acceptors (Lipinski definition) is 3. The Morgan fingerprint density at radius 2 is 2.00 bits per heavy atom. The molecule has 3 unspecified atom stereocenters. The lowest BCUT2D eigenvalue weighted by atomic mass is 9.97. The van der Waals surface area contributed by atoms with E-state index in [4.69, 9.17) is 4.74 Å². The van der Waals surface area contributed by atoms with Crippen molar-refractivity contribution in [2.45, 2.75) is 65.1 Å². The van der Waals surface area contributed by atoms with Crippen LogP contribution in [0.4, 0.5) is 0 Å². The average Bonchev–Trinajstić information content (AvgIpc) is 2.34. The Balaban J connectivity index is 2.40. The molecule has 1 saturated heterocycles. The molecule has 0 aromatic carbocycles. The van der Waals surface area contributed by atoms with Gasteiger partial charge in [-0.25, -0.2) is 0 Å². The van der Waals surface area contributed by atoms with Crippen molar-refractivity contribution in [3.05, 3.63) is 0 Å². The fourth-order valence-corrected chi connectivity index (χ4v) is 2.53. The van der Waals surface area contributed by atoms with Crippen molar-refractivity contribution < 1.29 is 4.74 Å². The normalized spacial score (nSPS) is 26.0. The van der Waals surface area contributed by atoms with Gasteiger partial charge in [-0.1, -0.05) is 6.92 Å². The zero-order valence-corrected chi connectivity index (χ0v) is 13.1. The Bertz CT molecular complexity index is 237. The van der Waals surface area contributed by atoms with Gasteiger partial charge in [0.05, 0.1) is 6.10 Å². The highest BCUT2D eigenvalue weighted by Crippen LogP contribution is 2.19. The molecule has 1 rings (SSSR count). The molecule has 0 aliphatic carbocycles. The summed E-state index contributed by atoms with van der Waals surface area (Å²) in [6.45, 7) is 14.8. The minimum absolute atomic E-state index is 0.213. The summed E-state index contributed by atoms with van der Waals surface area (Å²) < 4.78 is 5.51. The van der Waals surface area contributed by atoms with Gasteiger partial charge in [0, 0.05) is 25.2 Å². The van der Waals surface area contributed by atoms with E-state index < -0.39 is 0 Å². The Kier molecular flexibility index (Phi) is 6.09. The summed E-state index contributed by atoms with van der Waals surface area (Å²) in [5.41, 5.74) is 0.213. The quantitative estimate of drug-likeness (QED) is 0.818. The van der Waals surface area contributed by atoms with Gasteiger partial charge in [0.2, 0.25) is 0 Å². The molecule has 0 saturated carbocycles. The van der Waals surface area contributed by atoms with E-state index in [-0.39, 0.29) is 5.54 Å². The molecular weight excluding hydrogens is 224 g/mol. The summed E-state index contributed by atoms with van der Waals surface area (Å²) in [6.07, 6.45) is 2.92. The van der Waals surface area contributed by atoms with Gasteiger partial charge < -0.3 is 10.1 Å². The summed E-state index contributed by atoms with van der Waals surface area (Å²) in [5.74, 6) is 0.667. The molecule has 0 radical (unpaired) electrons. The highest BCUT2D eigenvalue weighted by atomic mass is 16.5. The number of likely N-dealkylation sites (tertiary alicyclic amines) is 1. The van der Waals surface area contributed by atoms with Crippen LogP contribution in [0.25, 0.3) is 0 Å². The van der Waals surface area contributed by atoms with E-state index in [1.54, 1.807) is 0 Å². The van der Waals surface area contributed by atoms with Crippen molar-refractivity contribution in [1.29, 1.82) is 0 Å². The summed E-state index contributed by atoms with van der Waals surface area (Å²) in [5, 5.41) is 3.61. The number of nitrogens with zero attached hydrogens (tertiary/aromatic N) is 1. The number of ether oxygens (including phenoxy) is 1. The Morgan fingerprint density at radius 1 is 1.33 bits per heavy atom. The molecule has 1 heterocycles. The summed E-state index contributed by atoms with van der Waals surface area (Å²) in [4.78, 5) is 2.59. The van der Waals surface area contributed by atoms with Crippen molar-refractivity contribution >= 4 is 0 Å². The Labute approximate surface area is 113 Å². The van der Waals surface area contributed by atoms with Gasteiger partial charge in [0.15, 0.2) is 0 Å². The van der Waals surface area contributed by atoms with E-state index in [1.807, 2.05) is 7.11 Å². The van der Waals surface area contributed by atoms with Gasteiger partial charge in [-0.05, 0) is 59.5 Å². The lowest BCUT2D eigenvalue weighted by Gasteiger charge is -2.39. The van der Waals surface area contributed by atoms with E-state index in [1.165, 1.54) is 19.4 Å². The van der Waals surface area contributed by atoms with E-state index in [2.05, 4.69) is 44.8 Å². The molecule has 0 bridgehead atoms. The van der Waals surface area contributed by atoms with Crippen LogP contribution >= 0.6 is 0 Å². The van der Waals surface area contributed by atoms with Crippen LogP contribution in [0.1, 0.15) is 47.5 Å². The first-order valence-corrected chi connectivity index (χ1v) is 7.35. The summed E-state index contributed by atoms with van der Waals surface area (Å²) >= 11 is 0. The van der Waals surface area contributed by atoms with Gasteiger partial charge in [0.25, 0.3) is 0 Å². The van der Waals surface area contributed by atoms with Crippen LogP contribution in [0.2, 0.25) is 0 Å². The van der Waals surface area contributed by atoms with Crippen LogP contribution in [0.15, 0.2) is 0 Å². The average molecular weight is 256 g/mol. The van der Waals surface area contributed by atoms with E-state index in [0.717, 1.165) is 13.1 Å². The third-order valence-electron chi connectivity index (χ3n) is 4.10. The third kappa shape index (κ3) is 5.25. The first kappa shape index (κ1) is 15.9. The van der Waals surface area contributed by atoms with Crippen molar-refractivity contribution in [2.24, 2.45) is 5.92 Å². The predicted octanol–water partition coefficient (Wildman–Crippen LogP) is 2.51. The monoisotopic (exact) mass is 256 g/mol. The van der Waals surface area contributed by atoms with Crippen molar-refractivity contribution in [1.82, 2.24) is 10.2 Å². The van der Waals surface area contributed by atoms with Gasteiger partial charge in [-0.15, -0.1) is 0 Å². The van der Waals surface area contributed by atoms with Crippen molar-refractivity contribution in [3.63, 3.8) is 0 Å². The topological polar surface area (TPSA) is 24.5 Å². The number of rotatable bonds is 5. The molecule has 1 aliphatic heterocycles. The second-order valence-electron chi connectivity index (χ2n) is 6.84. The third-order valence-corrected chi connectivity index (χ3v) is 4.10. The number of hydrogen-bond donors (Lipinski definition) is 1. The zero-order valence-electron chi connectivity index (χ0n) is 13.1. The molecule has 1 N–H and O–H groups in total. The molecular formula is C15H32N2O. The first-order chi connectivity index (χ1) is 8.33. The smallest absolute Gasteiger partial charge is 0.0698 e. The fourth-order valence-electron chi connectivity index (χ4n) is 2.53. The van der Waals surface area contributed by atoms with E-state index in [9.17, 15) is 0 Å². The van der Waals surface area contributed by atoms with Crippen LogP contribution in [0.3, 0.4) is 0 Å².